The molecule has 11 heteroatoms. The Kier molecular flexibility index (Phi) is 5.82. The van der Waals surface area contributed by atoms with Crippen molar-refractivity contribution < 1.29 is 18.2 Å². The first-order valence-electron chi connectivity index (χ1n) is 9.31. The maximum Gasteiger partial charge on any atom is 0.255 e. The van der Waals surface area contributed by atoms with Gasteiger partial charge in [-0.1, -0.05) is 12.1 Å². The number of nitrogens with one attached hydrogen (secondary N) is 3. The van der Waals surface area contributed by atoms with E-state index in [0.29, 0.717) is 22.5 Å². The monoisotopic (exact) mass is 440 g/mol. The van der Waals surface area contributed by atoms with Crippen LogP contribution in [0.5, 0.6) is 0 Å². The first-order valence-corrected chi connectivity index (χ1v) is 10.8. The molecule has 0 fully saturated rings. The number of pyridine rings is 1. The van der Waals surface area contributed by atoms with Crippen LogP contribution in [0.4, 0.5) is 5.69 Å². The summed E-state index contributed by atoms with van der Waals surface area (Å²) in [5, 5.41) is 4.08. The van der Waals surface area contributed by atoms with Gasteiger partial charge < -0.3 is 11.1 Å². The van der Waals surface area contributed by atoms with Crippen molar-refractivity contribution in [2.45, 2.75) is 6.04 Å². The van der Waals surface area contributed by atoms with E-state index in [1.54, 1.807) is 61.1 Å². The third-order valence-corrected chi connectivity index (χ3v) is 6.10. The molecule has 4 rings (SSSR count). The number of nitrogens with two attached hydrogens (primary N) is 1. The number of carbonyl (C=O) groups excluding carboxylic acids is 1. The lowest BCUT2D eigenvalue weighted by atomic mass is 10.1. The molecule has 0 aliphatic carbocycles. The van der Waals surface area contributed by atoms with Gasteiger partial charge in [-0.3, -0.25) is 9.78 Å². The molecule has 1 atom stereocenters. The number of hydrogen-bond donors (Lipinski definition) is 4. The van der Waals surface area contributed by atoms with Crippen LogP contribution in [0.2, 0.25) is 0 Å². The smallest absolute Gasteiger partial charge is 0.255 e. The molecule has 2 aromatic rings. The van der Waals surface area contributed by atoms with Crippen LogP contribution in [-0.4, -0.2) is 30.9 Å². The van der Waals surface area contributed by atoms with Crippen LogP contribution in [0, 0.1) is 0 Å². The summed E-state index contributed by atoms with van der Waals surface area (Å²) in [7, 11) is -3.82. The van der Waals surface area contributed by atoms with Crippen molar-refractivity contribution in [2.24, 2.45) is 5.73 Å². The quantitative estimate of drug-likeness (QED) is 0.505. The number of benzene rings is 1. The van der Waals surface area contributed by atoms with E-state index in [9.17, 15) is 13.2 Å². The third kappa shape index (κ3) is 4.64. The fourth-order valence-corrected chi connectivity index (χ4v) is 4.22. The Labute approximate surface area is 179 Å². The average Bonchev–Trinajstić information content (AvgIpc) is 3.27. The fraction of sp³-hybridized carbons (Fsp3) is 0.100. The second kappa shape index (κ2) is 8.70. The number of hydrogen-bond acceptors (Lipinski definition) is 8. The molecule has 1 amide bonds. The standard InChI is InChI=1S/C20H20N6O4S/c21-17(12-24-31(28,29)19-2-1-11-26-18(19)13-23-30-26)14-3-5-15(6-4-14)20(27)25-16-7-9-22-10-8-16/h1-11,13,17,23-24H,12,21H2,(H,22,25,27). The minimum Gasteiger partial charge on any atom is -0.323 e. The van der Waals surface area contributed by atoms with Crippen LogP contribution in [0.15, 0.2) is 83.9 Å². The predicted molar refractivity (Wildman–Crippen MR) is 114 cm³/mol. The first kappa shape index (κ1) is 20.8. The maximum absolute atomic E-state index is 12.7. The zero-order chi connectivity index (χ0) is 21.8. The van der Waals surface area contributed by atoms with Crippen molar-refractivity contribution >= 4 is 21.6 Å². The van der Waals surface area contributed by atoms with Gasteiger partial charge in [0, 0.05) is 42.4 Å². The minimum atomic E-state index is -3.82. The van der Waals surface area contributed by atoms with E-state index in [4.69, 9.17) is 10.7 Å². The predicted octanol–water partition coefficient (Wildman–Crippen LogP) is 1.26. The molecule has 5 N–H and O–H groups in total. The first-order chi connectivity index (χ1) is 14.9. The Bertz CT molecular complexity index is 1160. The minimum absolute atomic E-state index is 0.0203. The summed E-state index contributed by atoms with van der Waals surface area (Å²) in [5.41, 5.74) is 10.8. The Balaban J connectivity index is 1.37. The Morgan fingerprint density at radius 3 is 2.68 bits per heavy atom. The van der Waals surface area contributed by atoms with Crippen molar-refractivity contribution in [1.29, 1.82) is 0 Å². The van der Waals surface area contributed by atoms with E-state index in [0.717, 1.165) is 0 Å². The van der Waals surface area contributed by atoms with E-state index in [2.05, 4.69) is 20.5 Å². The number of sulfonamides is 1. The molecule has 2 aliphatic heterocycles. The Morgan fingerprint density at radius 1 is 1.19 bits per heavy atom. The number of fused-ring (bicyclic) bond motifs is 1. The van der Waals surface area contributed by atoms with Crippen molar-refractivity contribution in [2.75, 3.05) is 11.9 Å². The molecular formula is C20H20N6O4S. The van der Waals surface area contributed by atoms with Crippen LogP contribution < -0.4 is 21.3 Å². The fourth-order valence-electron chi connectivity index (χ4n) is 2.98. The van der Waals surface area contributed by atoms with Gasteiger partial charge in [-0.15, -0.1) is 0 Å². The van der Waals surface area contributed by atoms with Crippen LogP contribution in [0.25, 0.3) is 0 Å². The second-order valence-corrected chi connectivity index (χ2v) is 8.44. The number of hydroxylamine groups is 3. The number of rotatable bonds is 7. The summed E-state index contributed by atoms with van der Waals surface area (Å²) in [6.07, 6.45) is 9.25. The Hall–Kier alpha value is -3.51. The van der Waals surface area contributed by atoms with Gasteiger partial charge in [0.25, 0.3) is 5.91 Å². The Morgan fingerprint density at radius 2 is 1.94 bits per heavy atom. The summed E-state index contributed by atoms with van der Waals surface area (Å²) in [4.78, 5) is 21.3. The van der Waals surface area contributed by atoms with Crippen molar-refractivity contribution in [1.82, 2.24) is 20.2 Å². The van der Waals surface area contributed by atoms with Crippen LogP contribution in [0.1, 0.15) is 22.0 Å². The van der Waals surface area contributed by atoms with Crippen molar-refractivity contribution in [3.63, 3.8) is 0 Å². The molecule has 10 nitrogen and oxygen atoms in total. The molecule has 160 valence electrons. The normalized spacial score (nSPS) is 16.1. The molecule has 2 aliphatic rings. The lowest BCUT2D eigenvalue weighted by Crippen LogP contribution is -2.34. The summed E-state index contributed by atoms with van der Waals surface area (Å²) in [6.45, 7) is -0.0203. The second-order valence-electron chi connectivity index (χ2n) is 6.71. The molecule has 0 spiro atoms. The van der Waals surface area contributed by atoms with Gasteiger partial charge in [0.15, 0.2) is 0 Å². The van der Waals surface area contributed by atoms with Gasteiger partial charge >= 0.3 is 0 Å². The summed E-state index contributed by atoms with van der Waals surface area (Å²) >= 11 is 0. The van der Waals surface area contributed by atoms with E-state index >= 15 is 0 Å². The van der Waals surface area contributed by atoms with Crippen molar-refractivity contribution in [3.05, 3.63) is 95.1 Å². The van der Waals surface area contributed by atoms with E-state index in [-0.39, 0.29) is 17.4 Å². The van der Waals surface area contributed by atoms with E-state index in [1.165, 1.54) is 17.3 Å². The largest absolute Gasteiger partial charge is 0.323 e. The molecular weight excluding hydrogens is 420 g/mol. The summed E-state index contributed by atoms with van der Waals surface area (Å²) in [6, 6.07) is 9.45. The highest BCUT2D eigenvalue weighted by molar-refractivity contribution is 7.93. The lowest BCUT2D eigenvalue weighted by molar-refractivity contribution is -0.112. The lowest BCUT2D eigenvalue weighted by Gasteiger charge is -2.20. The molecule has 1 aromatic carbocycles. The molecule has 1 aromatic heterocycles. The highest BCUT2D eigenvalue weighted by Gasteiger charge is 2.30. The SMILES string of the molecule is NC(CNS(=O)(=O)C1=CC=CN2ONC=C12)c1ccc(C(=O)Nc2ccncc2)cc1. The van der Waals surface area contributed by atoms with Crippen molar-refractivity contribution in [3.8, 4) is 0 Å². The van der Waals surface area contributed by atoms with Crippen LogP contribution in [0.3, 0.4) is 0 Å². The molecule has 31 heavy (non-hydrogen) atoms. The number of amides is 1. The van der Waals surface area contributed by atoms with Crippen LogP contribution >= 0.6 is 0 Å². The molecule has 0 radical (unpaired) electrons. The van der Waals surface area contributed by atoms with E-state index in [1.807, 2.05) is 0 Å². The molecule has 0 saturated heterocycles. The maximum atomic E-state index is 12.7. The zero-order valence-corrected chi connectivity index (χ0v) is 17.0. The highest BCUT2D eigenvalue weighted by atomic mass is 32.2. The van der Waals surface area contributed by atoms with Gasteiger partial charge in [-0.25, -0.2) is 23.7 Å². The number of allylic oxidation sites excluding steroid dienone is 2. The van der Waals surface area contributed by atoms with Crippen LogP contribution in [-0.2, 0) is 15.0 Å². The van der Waals surface area contributed by atoms with Gasteiger partial charge in [0.1, 0.15) is 10.6 Å². The van der Waals surface area contributed by atoms with Gasteiger partial charge in [-0.05, 0) is 42.0 Å². The number of nitrogens with zero attached hydrogens (tertiary/aromatic N) is 2. The number of aromatic nitrogens is 1. The molecule has 0 bridgehead atoms. The van der Waals surface area contributed by atoms with Gasteiger partial charge in [0.2, 0.25) is 10.0 Å². The summed E-state index contributed by atoms with van der Waals surface area (Å²) < 4.78 is 27.9. The topological polar surface area (TPSA) is 139 Å². The van der Waals surface area contributed by atoms with Gasteiger partial charge in [0.05, 0.1) is 6.20 Å². The third-order valence-electron chi connectivity index (χ3n) is 4.63. The average molecular weight is 440 g/mol. The van der Waals surface area contributed by atoms with Gasteiger partial charge in [-0.2, -0.15) is 4.94 Å². The highest BCUT2D eigenvalue weighted by Crippen LogP contribution is 2.27. The molecule has 3 heterocycles. The number of anilines is 1. The molecule has 1 unspecified atom stereocenters. The zero-order valence-electron chi connectivity index (χ0n) is 16.2. The molecule has 0 saturated carbocycles. The van der Waals surface area contributed by atoms with E-state index < -0.39 is 16.1 Å². The summed E-state index contributed by atoms with van der Waals surface area (Å²) in [5.74, 6) is -0.269. The number of carbonyl (C=O) groups is 1.